The molecule has 1 heterocycles. The van der Waals surface area contributed by atoms with Crippen molar-refractivity contribution in [3.8, 4) is 0 Å². The molecular formula is C16H26ClN3O3S. The van der Waals surface area contributed by atoms with Crippen LogP contribution in [0.3, 0.4) is 0 Å². The predicted octanol–water partition coefficient (Wildman–Crippen LogP) is 0.738. The number of carbonyl (C=O) groups is 1. The van der Waals surface area contributed by atoms with Crippen molar-refractivity contribution in [3.05, 3.63) is 29.8 Å². The summed E-state index contributed by atoms with van der Waals surface area (Å²) < 4.78 is 22.2. The minimum atomic E-state index is -3.10. The van der Waals surface area contributed by atoms with Gasteiger partial charge in [-0.25, -0.2) is 8.42 Å². The third kappa shape index (κ3) is 5.65. The molecule has 3 N–H and O–H groups in total. The molecule has 2 atom stereocenters. The highest BCUT2D eigenvalue weighted by atomic mass is 35.5. The number of hydrogen-bond acceptors (Lipinski definition) is 5. The number of carbonyl (C=O) groups excluding carboxylic acids is 1. The summed E-state index contributed by atoms with van der Waals surface area (Å²) in [5.74, 6) is -0.369. The van der Waals surface area contributed by atoms with E-state index < -0.39 is 15.9 Å². The summed E-state index contributed by atoms with van der Waals surface area (Å²) in [6.07, 6.45) is 2.30. The Bertz CT molecular complexity index is 666. The fourth-order valence-corrected chi connectivity index (χ4v) is 3.56. The highest BCUT2D eigenvalue weighted by Gasteiger charge is 2.25. The number of nitrogens with one attached hydrogen (secondary N) is 1. The van der Waals surface area contributed by atoms with Crippen LogP contribution in [0.2, 0.25) is 0 Å². The lowest BCUT2D eigenvalue weighted by molar-refractivity contribution is -0.122. The molecular weight excluding hydrogens is 350 g/mol. The second-order valence-corrected chi connectivity index (χ2v) is 8.45. The largest absolute Gasteiger partial charge is 0.367 e. The topological polar surface area (TPSA) is 92.5 Å². The van der Waals surface area contributed by atoms with Crippen molar-refractivity contribution in [1.29, 1.82) is 0 Å². The van der Waals surface area contributed by atoms with E-state index in [0.717, 1.165) is 12.7 Å². The first-order valence-corrected chi connectivity index (χ1v) is 9.89. The summed E-state index contributed by atoms with van der Waals surface area (Å²) in [4.78, 5) is 14.2. The maximum absolute atomic E-state index is 11.9. The third-order valence-corrected chi connectivity index (χ3v) is 5.11. The van der Waals surface area contributed by atoms with Crippen LogP contribution in [-0.4, -0.2) is 51.5 Å². The highest BCUT2D eigenvalue weighted by Crippen LogP contribution is 2.31. The number of para-hydroxylation sites is 1. The van der Waals surface area contributed by atoms with Gasteiger partial charge in [-0.1, -0.05) is 18.2 Å². The molecule has 0 aromatic heterocycles. The van der Waals surface area contributed by atoms with Crippen LogP contribution in [0.5, 0.6) is 0 Å². The van der Waals surface area contributed by atoms with Gasteiger partial charge in [0, 0.05) is 31.1 Å². The van der Waals surface area contributed by atoms with Gasteiger partial charge in [-0.15, -0.1) is 12.4 Å². The Labute approximate surface area is 150 Å². The number of sulfone groups is 1. The number of nitrogens with zero attached hydrogens (tertiary/aromatic N) is 1. The van der Waals surface area contributed by atoms with Gasteiger partial charge in [0.2, 0.25) is 5.91 Å². The Kier molecular flexibility index (Phi) is 7.51. The molecule has 136 valence electrons. The summed E-state index contributed by atoms with van der Waals surface area (Å²) in [5.41, 5.74) is 8.28. The molecule has 24 heavy (non-hydrogen) atoms. The van der Waals surface area contributed by atoms with E-state index in [9.17, 15) is 13.2 Å². The van der Waals surface area contributed by atoms with E-state index in [4.69, 9.17) is 5.73 Å². The number of fused-ring (bicyclic) bond motifs is 1. The third-order valence-electron chi connectivity index (χ3n) is 4.14. The van der Waals surface area contributed by atoms with E-state index in [2.05, 4.69) is 29.3 Å². The van der Waals surface area contributed by atoms with E-state index in [0.29, 0.717) is 19.1 Å². The molecule has 0 radical (unpaired) electrons. The van der Waals surface area contributed by atoms with E-state index in [1.807, 2.05) is 12.1 Å². The average molecular weight is 376 g/mol. The molecule has 1 aliphatic rings. The molecule has 2 rings (SSSR count). The molecule has 6 nitrogen and oxygen atoms in total. The molecule has 1 aromatic carbocycles. The lowest BCUT2D eigenvalue weighted by Crippen LogP contribution is -2.45. The van der Waals surface area contributed by atoms with Crippen LogP contribution in [-0.2, 0) is 21.1 Å². The minimum absolute atomic E-state index is 0. The molecule has 1 aliphatic heterocycles. The Morgan fingerprint density at radius 1 is 1.42 bits per heavy atom. The van der Waals surface area contributed by atoms with E-state index >= 15 is 0 Å². The lowest BCUT2D eigenvalue weighted by Gasteiger charge is -2.25. The predicted molar refractivity (Wildman–Crippen MR) is 99.5 cm³/mol. The van der Waals surface area contributed by atoms with Crippen molar-refractivity contribution in [3.63, 3.8) is 0 Å². The number of nitrogens with two attached hydrogens (primary N) is 1. The normalized spacial score (nSPS) is 17.8. The number of benzene rings is 1. The van der Waals surface area contributed by atoms with Crippen molar-refractivity contribution in [2.45, 2.75) is 31.8 Å². The van der Waals surface area contributed by atoms with Gasteiger partial charge in [-0.05, 0) is 31.4 Å². The Balaban J connectivity index is 0.00000288. The van der Waals surface area contributed by atoms with Crippen LogP contribution in [0.25, 0.3) is 0 Å². The van der Waals surface area contributed by atoms with Crippen LogP contribution in [0, 0.1) is 0 Å². The van der Waals surface area contributed by atoms with Crippen LogP contribution in [0.15, 0.2) is 24.3 Å². The lowest BCUT2D eigenvalue weighted by atomic mass is 10.1. The van der Waals surface area contributed by atoms with Crippen LogP contribution < -0.4 is 16.0 Å². The van der Waals surface area contributed by atoms with Gasteiger partial charge in [0.1, 0.15) is 9.84 Å². The van der Waals surface area contributed by atoms with Gasteiger partial charge in [-0.2, -0.15) is 0 Å². The Morgan fingerprint density at radius 2 is 2.08 bits per heavy atom. The first kappa shape index (κ1) is 20.7. The maximum atomic E-state index is 11.9. The quantitative estimate of drug-likeness (QED) is 0.733. The Hall–Kier alpha value is -1.31. The second kappa shape index (κ2) is 8.69. The van der Waals surface area contributed by atoms with E-state index in [1.165, 1.54) is 11.3 Å². The number of anilines is 1. The summed E-state index contributed by atoms with van der Waals surface area (Å²) in [6.45, 7) is 3.37. The summed E-state index contributed by atoms with van der Waals surface area (Å²) in [7, 11) is -3.10. The average Bonchev–Trinajstić information content (AvgIpc) is 2.80. The zero-order valence-electron chi connectivity index (χ0n) is 14.1. The van der Waals surface area contributed by atoms with Gasteiger partial charge in [0.05, 0.1) is 11.8 Å². The van der Waals surface area contributed by atoms with Gasteiger partial charge in [0.25, 0.3) is 0 Å². The molecule has 0 bridgehead atoms. The molecule has 0 spiro atoms. The fraction of sp³-hybridized carbons (Fsp3) is 0.562. The first-order valence-electron chi connectivity index (χ1n) is 7.83. The van der Waals surface area contributed by atoms with Crippen molar-refractivity contribution in [2.24, 2.45) is 5.73 Å². The van der Waals surface area contributed by atoms with Crippen molar-refractivity contribution in [2.75, 3.05) is 30.0 Å². The van der Waals surface area contributed by atoms with Crippen molar-refractivity contribution in [1.82, 2.24) is 5.32 Å². The second-order valence-electron chi connectivity index (χ2n) is 6.19. The van der Waals surface area contributed by atoms with Crippen LogP contribution >= 0.6 is 12.4 Å². The monoisotopic (exact) mass is 375 g/mol. The molecule has 0 fully saturated rings. The Morgan fingerprint density at radius 3 is 2.75 bits per heavy atom. The number of hydrogen-bond donors (Lipinski definition) is 2. The molecule has 2 unspecified atom stereocenters. The van der Waals surface area contributed by atoms with Gasteiger partial charge in [0.15, 0.2) is 0 Å². The minimum Gasteiger partial charge on any atom is -0.367 e. The molecule has 8 heteroatoms. The SMILES string of the molecule is CC1Cc2ccccc2N1CCNC(=O)C(N)CCS(C)(=O)=O.Cl. The smallest absolute Gasteiger partial charge is 0.237 e. The zero-order chi connectivity index (χ0) is 17.0. The van der Waals surface area contributed by atoms with E-state index in [1.54, 1.807) is 0 Å². The highest BCUT2D eigenvalue weighted by molar-refractivity contribution is 7.90. The number of rotatable bonds is 7. The van der Waals surface area contributed by atoms with Crippen molar-refractivity contribution >= 4 is 33.8 Å². The number of amides is 1. The van der Waals surface area contributed by atoms with Gasteiger partial charge < -0.3 is 16.0 Å². The summed E-state index contributed by atoms with van der Waals surface area (Å²) in [6, 6.07) is 7.90. The summed E-state index contributed by atoms with van der Waals surface area (Å²) in [5, 5.41) is 2.80. The van der Waals surface area contributed by atoms with E-state index in [-0.39, 0.29) is 30.5 Å². The first-order chi connectivity index (χ1) is 10.8. The summed E-state index contributed by atoms with van der Waals surface area (Å²) >= 11 is 0. The molecule has 0 saturated heterocycles. The molecule has 0 saturated carbocycles. The maximum Gasteiger partial charge on any atom is 0.237 e. The zero-order valence-corrected chi connectivity index (χ0v) is 15.7. The fourth-order valence-electron chi connectivity index (χ4n) is 2.87. The van der Waals surface area contributed by atoms with Crippen molar-refractivity contribution < 1.29 is 13.2 Å². The van der Waals surface area contributed by atoms with Crippen LogP contribution in [0.1, 0.15) is 18.9 Å². The van der Waals surface area contributed by atoms with Gasteiger partial charge in [-0.3, -0.25) is 4.79 Å². The standard InChI is InChI=1S/C16H25N3O3S.ClH/c1-12-11-13-5-3-4-6-15(13)19(12)9-8-18-16(20)14(17)7-10-23(2,21)22;/h3-6,12,14H,7-11,17H2,1-2H3,(H,18,20);1H. The molecule has 1 aromatic rings. The van der Waals surface area contributed by atoms with Gasteiger partial charge >= 0.3 is 0 Å². The molecule has 1 amide bonds. The van der Waals surface area contributed by atoms with Crippen LogP contribution in [0.4, 0.5) is 5.69 Å². The number of halogens is 1. The molecule has 0 aliphatic carbocycles.